The van der Waals surface area contributed by atoms with Crippen molar-refractivity contribution in [2.24, 2.45) is 5.92 Å². The molecule has 2 N–H and O–H groups in total. The molecule has 0 aromatic rings. The Balaban J connectivity index is 2.75. The average Bonchev–Trinajstić information content (AvgIpc) is 2.47. The van der Waals surface area contributed by atoms with Crippen LogP contribution >= 0.6 is 0 Å². The molecule has 14 heavy (non-hydrogen) atoms. The molecule has 1 rings (SSSR count). The van der Waals surface area contributed by atoms with E-state index >= 15 is 0 Å². The second-order valence-electron chi connectivity index (χ2n) is 3.12. The monoisotopic (exact) mass is 209 g/mol. The van der Waals surface area contributed by atoms with E-state index in [1.165, 1.54) is 0 Å². The number of halogens is 2. The van der Waals surface area contributed by atoms with E-state index < -0.39 is 37.0 Å². The average molecular weight is 209 g/mol. The third-order valence-electron chi connectivity index (χ3n) is 2.22. The molecule has 0 aromatic carbocycles. The summed E-state index contributed by atoms with van der Waals surface area (Å²) in [6, 6.07) is -1.34. The number of alkyl halides is 2. The number of carboxylic acids is 1. The first-order valence-corrected chi connectivity index (χ1v) is 3.94. The van der Waals surface area contributed by atoms with Crippen LogP contribution in [0.25, 0.3) is 0 Å². The third kappa shape index (κ3) is 1.91. The van der Waals surface area contributed by atoms with E-state index in [0.717, 1.165) is 0 Å². The lowest BCUT2D eigenvalue weighted by Gasteiger charge is -2.16. The summed E-state index contributed by atoms with van der Waals surface area (Å²) in [5, 5.41) is 17.1. The van der Waals surface area contributed by atoms with Gasteiger partial charge in [-0.1, -0.05) is 0 Å². The van der Waals surface area contributed by atoms with Crippen molar-refractivity contribution in [3.8, 4) is 0 Å². The second-order valence-corrected chi connectivity index (χ2v) is 3.12. The predicted octanol–water partition coefficient (Wildman–Crippen LogP) is 0.705. The van der Waals surface area contributed by atoms with Gasteiger partial charge < -0.3 is 10.2 Å². The van der Waals surface area contributed by atoms with E-state index in [4.69, 9.17) is 10.2 Å². The number of hydrogen-bond acceptors (Lipinski definition) is 2. The van der Waals surface area contributed by atoms with Crippen LogP contribution in [0.3, 0.4) is 0 Å². The van der Waals surface area contributed by atoms with Gasteiger partial charge >= 0.3 is 12.1 Å². The number of carbonyl (C=O) groups is 2. The fraction of sp³-hybridized carbons (Fsp3) is 0.714. The van der Waals surface area contributed by atoms with Gasteiger partial charge in [-0.25, -0.2) is 18.4 Å². The first-order valence-electron chi connectivity index (χ1n) is 3.94. The molecular formula is C7H9F2NO4. The number of amides is 1. The van der Waals surface area contributed by atoms with Crippen molar-refractivity contribution in [1.82, 2.24) is 4.90 Å². The molecule has 2 atom stereocenters. The van der Waals surface area contributed by atoms with Gasteiger partial charge in [0.2, 0.25) is 6.43 Å². The highest BCUT2D eigenvalue weighted by molar-refractivity contribution is 5.80. The van der Waals surface area contributed by atoms with Gasteiger partial charge in [0.15, 0.2) is 0 Å². The van der Waals surface area contributed by atoms with E-state index in [0.29, 0.717) is 4.90 Å². The van der Waals surface area contributed by atoms with Crippen molar-refractivity contribution in [3.63, 3.8) is 0 Å². The minimum absolute atomic E-state index is 0.320. The van der Waals surface area contributed by atoms with Gasteiger partial charge in [0.05, 0.1) is 0 Å². The summed E-state index contributed by atoms with van der Waals surface area (Å²) in [7, 11) is 0. The van der Waals surface area contributed by atoms with Crippen LogP contribution in [0.1, 0.15) is 6.42 Å². The minimum Gasteiger partial charge on any atom is -0.480 e. The van der Waals surface area contributed by atoms with Crippen LogP contribution in [0.5, 0.6) is 0 Å². The Morgan fingerprint density at radius 1 is 1.36 bits per heavy atom. The van der Waals surface area contributed by atoms with Crippen LogP contribution in [0.4, 0.5) is 13.6 Å². The summed E-state index contributed by atoms with van der Waals surface area (Å²) in [5.74, 6) is -2.55. The fourth-order valence-electron chi connectivity index (χ4n) is 1.50. The first-order chi connectivity index (χ1) is 6.43. The molecule has 1 aliphatic heterocycles. The molecule has 0 spiro atoms. The highest BCUT2D eigenvalue weighted by Gasteiger charge is 2.43. The molecule has 80 valence electrons. The van der Waals surface area contributed by atoms with Crippen molar-refractivity contribution < 1.29 is 28.6 Å². The number of aliphatic carboxylic acids is 1. The maximum Gasteiger partial charge on any atom is 0.408 e. The molecule has 0 aromatic heterocycles. The molecule has 1 heterocycles. The third-order valence-corrected chi connectivity index (χ3v) is 2.22. The van der Waals surface area contributed by atoms with Gasteiger partial charge in [0.1, 0.15) is 6.04 Å². The van der Waals surface area contributed by atoms with Gasteiger partial charge in [-0.3, -0.25) is 4.90 Å². The Morgan fingerprint density at radius 2 is 1.93 bits per heavy atom. The van der Waals surface area contributed by atoms with Crippen molar-refractivity contribution in [3.05, 3.63) is 0 Å². The van der Waals surface area contributed by atoms with E-state index in [-0.39, 0.29) is 6.42 Å². The normalized spacial score (nSPS) is 26.9. The zero-order valence-corrected chi connectivity index (χ0v) is 7.06. The summed E-state index contributed by atoms with van der Waals surface area (Å²) < 4.78 is 24.4. The summed E-state index contributed by atoms with van der Waals surface area (Å²) >= 11 is 0. The second kappa shape index (κ2) is 3.77. The number of likely N-dealkylation sites (tertiary alicyclic amines) is 1. The smallest absolute Gasteiger partial charge is 0.408 e. The number of nitrogens with zero attached hydrogens (tertiary/aromatic N) is 1. The zero-order chi connectivity index (χ0) is 10.9. The molecule has 5 nitrogen and oxygen atoms in total. The molecule has 0 radical (unpaired) electrons. The largest absolute Gasteiger partial charge is 0.480 e. The highest BCUT2D eigenvalue weighted by Crippen LogP contribution is 2.28. The van der Waals surface area contributed by atoms with Crippen LogP contribution in [0.2, 0.25) is 0 Å². The Hall–Kier alpha value is -1.40. The molecule has 1 aliphatic rings. The quantitative estimate of drug-likeness (QED) is 0.701. The molecule has 0 aliphatic carbocycles. The summed E-state index contributed by atoms with van der Waals surface area (Å²) in [6.07, 6.45) is -4.47. The summed E-state index contributed by atoms with van der Waals surface area (Å²) in [6.45, 7) is -0.413. The van der Waals surface area contributed by atoms with Gasteiger partial charge in [-0.05, 0) is 6.42 Å². The molecule has 7 heteroatoms. The van der Waals surface area contributed by atoms with Crippen molar-refractivity contribution >= 4 is 12.1 Å². The Kier molecular flexibility index (Phi) is 2.87. The Morgan fingerprint density at radius 3 is 2.21 bits per heavy atom. The lowest BCUT2D eigenvalue weighted by molar-refractivity contribution is -0.141. The Bertz CT molecular complexity index is 236. The summed E-state index contributed by atoms with van der Waals surface area (Å²) in [4.78, 5) is 21.6. The molecule has 0 saturated carbocycles. The number of hydrogen-bond donors (Lipinski definition) is 2. The van der Waals surface area contributed by atoms with Gasteiger partial charge in [0.25, 0.3) is 0 Å². The van der Waals surface area contributed by atoms with Crippen LogP contribution in [-0.2, 0) is 4.79 Å². The van der Waals surface area contributed by atoms with Crippen LogP contribution in [-0.4, -0.2) is 46.2 Å². The number of carboxylic acid groups (broad SMARTS) is 2. The molecule has 0 bridgehead atoms. The van der Waals surface area contributed by atoms with E-state index in [9.17, 15) is 18.4 Å². The van der Waals surface area contributed by atoms with Gasteiger partial charge in [0, 0.05) is 12.5 Å². The van der Waals surface area contributed by atoms with E-state index in [1.807, 2.05) is 0 Å². The maximum atomic E-state index is 12.2. The predicted molar refractivity (Wildman–Crippen MR) is 40.3 cm³/mol. The Labute approximate surface area is 77.9 Å². The summed E-state index contributed by atoms with van der Waals surface area (Å²) in [5.41, 5.74) is 0. The lowest BCUT2D eigenvalue weighted by atomic mass is 10.1. The molecular weight excluding hydrogens is 200 g/mol. The van der Waals surface area contributed by atoms with Gasteiger partial charge in [-0.15, -0.1) is 0 Å². The SMILES string of the molecule is O=C(O)C1CC(C(F)F)CN1C(=O)O. The minimum atomic E-state index is -2.68. The first kappa shape index (κ1) is 10.7. The van der Waals surface area contributed by atoms with Crippen LogP contribution in [0.15, 0.2) is 0 Å². The highest BCUT2D eigenvalue weighted by atomic mass is 19.3. The topological polar surface area (TPSA) is 77.8 Å². The maximum absolute atomic E-state index is 12.2. The standard InChI is InChI=1S/C7H9F2NO4/c8-5(9)3-1-4(6(11)12)10(2-3)7(13)14/h3-5H,1-2H2,(H,11,12)(H,13,14). The number of rotatable bonds is 2. The van der Waals surface area contributed by atoms with Gasteiger partial charge in [-0.2, -0.15) is 0 Å². The van der Waals surface area contributed by atoms with Crippen molar-refractivity contribution in [1.29, 1.82) is 0 Å². The molecule has 1 fully saturated rings. The van der Waals surface area contributed by atoms with Crippen molar-refractivity contribution in [2.75, 3.05) is 6.54 Å². The van der Waals surface area contributed by atoms with E-state index in [1.54, 1.807) is 0 Å². The van der Waals surface area contributed by atoms with Crippen molar-refractivity contribution in [2.45, 2.75) is 18.9 Å². The molecule has 1 amide bonds. The van der Waals surface area contributed by atoms with Crippen LogP contribution in [0, 0.1) is 5.92 Å². The lowest BCUT2D eigenvalue weighted by Crippen LogP contribution is -2.39. The molecule has 1 saturated heterocycles. The molecule has 2 unspecified atom stereocenters. The van der Waals surface area contributed by atoms with Crippen LogP contribution < -0.4 is 0 Å². The zero-order valence-electron chi connectivity index (χ0n) is 7.06. The van der Waals surface area contributed by atoms with E-state index in [2.05, 4.69) is 0 Å². The fourth-order valence-corrected chi connectivity index (χ4v) is 1.50.